The van der Waals surface area contributed by atoms with E-state index >= 15 is 0 Å². The Labute approximate surface area is 71.7 Å². The first-order valence-electron chi connectivity index (χ1n) is 3.17. The van der Waals surface area contributed by atoms with Crippen LogP contribution >= 0.6 is 0 Å². The molecule has 1 aromatic rings. The van der Waals surface area contributed by atoms with Crippen LogP contribution in [0.1, 0.15) is 0 Å². The highest BCUT2D eigenvalue weighted by atomic mass is 19.1. The van der Waals surface area contributed by atoms with Gasteiger partial charge in [0.1, 0.15) is 0 Å². The fourth-order valence-corrected chi connectivity index (χ4v) is 0.763. The topological polar surface area (TPSA) is 72.6 Å². The van der Waals surface area contributed by atoms with Gasteiger partial charge in [0.2, 0.25) is 11.9 Å². The van der Waals surface area contributed by atoms with E-state index in [0.717, 1.165) is 18.2 Å². The Kier molecular flexibility index (Phi) is 2.47. The predicted octanol–water partition coefficient (Wildman–Crippen LogP) is 1.70. The molecule has 0 atom stereocenters. The molecule has 0 unspecified atom stereocenters. The van der Waals surface area contributed by atoms with Crippen LogP contribution in [-0.2, 0) is 4.79 Å². The lowest BCUT2D eigenvalue weighted by Gasteiger charge is -1.93. The van der Waals surface area contributed by atoms with Crippen molar-refractivity contribution in [1.29, 1.82) is 0 Å². The van der Waals surface area contributed by atoms with Crippen LogP contribution in [0.25, 0.3) is 0 Å². The van der Waals surface area contributed by atoms with Crippen LogP contribution in [0.15, 0.2) is 23.2 Å². The smallest absolute Gasteiger partial charge is 0.258 e. The summed E-state index contributed by atoms with van der Waals surface area (Å²) in [6.45, 7) is 0. The summed E-state index contributed by atoms with van der Waals surface area (Å²) in [6, 6.07) is 2.88. The minimum Gasteiger partial charge on any atom is -0.258 e. The van der Waals surface area contributed by atoms with Gasteiger partial charge in [0.15, 0.2) is 0 Å². The number of hydrogen-bond acceptors (Lipinski definition) is 4. The fraction of sp³-hybridized carbons (Fsp3) is 0. The third-order valence-corrected chi connectivity index (χ3v) is 1.30. The number of isocyanates is 1. The summed E-state index contributed by atoms with van der Waals surface area (Å²) >= 11 is 0. The van der Waals surface area contributed by atoms with E-state index in [2.05, 4.69) is 4.99 Å². The molecule has 1 rings (SSSR count). The van der Waals surface area contributed by atoms with Crippen LogP contribution in [-0.4, -0.2) is 11.0 Å². The minimum atomic E-state index is -0.963. The second-order valence-electron chi connectivity index (χ2n) is 2.10. The molecule has 0 aliphatic carbocycles. The van der Waals surface area contributed by atoms with E-state index in [4.69, 9.17) is 0 Å². The second-order valence-corrected chi connectivity index (χ2v) is 2.10. The van der Waals surface area contributed by atoms with Crippen LogP contribution in [0.2, 0.25) is 0 Å². The molecule has 5 nitrogen and oxygen atoms in total. The zero-order valence-corrected chi connectivity index (χ0v) is 6.23. The molecule has 0 aromatic heterocycles. The first-order valence-corrected chi connectivity index (χ1v) is 3.17. The third-order valence-electron chi connectivity index (χ3n) is 1.30. The lowest BCUT2D eigenvalue weighted by atomic mass is 10.3. The maximum Gasteiger partial charge on any atom is 0.306 e. The predicted molar refractivity (Wildman–Crippen MR) is 40.8 cm³/mol. The first-order chi connectivity index (χ1) is 6.15. The molecular weight excluding hydrogens is 179 g/mol. The number of nitro benzene ring substituents is 1. The van der Waals surface area contributed by atoms with Crippen LogP contribution in [0.5, 0.6) is 0 Å². The van der Waals surface area contributed by atoms with E-state index in [9.17, 15) is 19.3 Å². The number of nitro groups is 1. The van der Waals surface area contributed by atoms with Gasteiger partial charge in [-0.15, -0.1) is 0 Å². The van der Waals surface area contributed by atoms with Gasteiger partial charge in [-0.05, 0) is 12.1 Å². The van der Waals surface area contributed by atoms with Gasteiger partial charge in [-0.25, -0.2) is 4.79 Å². The van der Waals surface area contributed by atoms with Gasteiger partial charge in [0.05, 0.1) is 10.6 Å². The molecular formula is C7H3FN2O3. The summed E-state index contributed by atoms with van der Waals surface area (Å²) in [7, 11) is 0. The summed E-state index contributed by atoms with van der Waals surface area (Å²) in [5, 5.41) is 10.2. The zero-order valence-electron chi connectivity index (χ0n) is 6.23. The number of halogens is 1. The summed E-state index contributed by atoms with van der Waals surface area (Å²) in [5.74, 6) is -0.963. The van der Waals surface area contributed by atoms with Gasteiger partial charge >= 0.3 is 5.69 Å². The van der Waals surface area contributed by atoms with Crippen LogP contribution in [0.4, 0.5) is 15.8 Å². The summed E-state index contributed by atoms with van der Waals surface area (Å²) in [6.07, 6.45) is 1.20. The van der Waals surface area contributed by atoms with E-state index in [0.29, 0.717) is 0 Å². The molecule has 13 heavy (non-hydrogen) atoms. The number of benzene rings is 1. The van der Waals surface area contributed by atoms with Crippen molar-refractivity contribution in [3.8, 4) is 0 Å². The van der Waals surface area contributed by atoms with Crippen molar-refractivity contribution >= 4 is 17.5 Å². The lowest BCUT2D eigenvalue weighted by molar-refractivity contribution is -0.387. The monoisotopic (exact) mass is 182 g/mol. The lowest BCUT2D eigenvalue weighted by Crippen LogP contribution is -1.91. The molecule has 1 aromatic carbocycles. The summed E-state index contributed by atoms with van der Waals surface area (Å²) < 4.78 is 12.7. The van der Waals surface area contributed by atoms with Crippen LogP contribution in [0, 0.1) is 15.9 Å². The molecule has 0 amide bonds. The molecule has 0 heterocycles. The molecule has 0 spiro atoms. The first kappa shape index (κ1) is 9.02. The Hall–Kier alpha value is -2.07. The maximum atomic E-state index is 12.7. The maximum absolute atomic E-state index is 12.7. The Morgan fingerprint density at radius 3 is 2.77 bits per heavy atom. The van der Waals surface area contributed by atoms with E-state index in [-0.39, 0.29) is 5.69 Å². The van der Waals surface area contributed by atoms with Crippen molar-refractivity contribution in [3.05, 3.63) is 34.1 Å². The van der Waals surface area contributed by atoms with Crippen molar-refractivity contribution in [3.63, 3.8) is 0 Å². The molecule has 0 radical (unpaired) electrons. The van der Waals surface area contributed by atoms with Gasteiger partial charge < -0.3 is 0 Å². The van der Waals surface area contributed by atoms with Gasteiger partial charge in [0.25, 0.3) is 0 Å². The molecule has 0 N–H and O–H groups in total. The van der Waals surface area contributed by atoms with Crippen LogP contribution < -0.4 is 0 Å². The van der Waals surface area contributed by atoms with Crippen molar-refractivity contribution in [2.24, 2.45) is 4.99 Å². The van der Waals surface area contributed by atoms with Crippen LogP contribution in [0.3, 0.4) is 0 Å². The number of hydrogen-bond donors (Lipinski definition) is 0. The van der Waals surface area contributed by atoms with Gasteiger partial charge in [-0.1, -0.05) is 0 Å². The van der Waals surface area contributed by atoms with Crippen molar-refractivity contribution in [2.45, 2.75) is 0 Å². The minimum absolute atomic E-state index is 0.00287. The number of nitrogens with zero attached hydrogens (tertiary/aromatic N) is 2. The van der Waals surface area contributed by atoms with E-state index in [1.807, 2.05) is 0 Å². The Morgan fingerprint density at radius 2 is 2.23 bits per heavy atom. The molecule has 0 bridgehead atoms. The largest absolute Gasteiger partial charge is 0.306 e. The molecule has 0 aliphatic heterocycles. The Balaban J connectivity index is 3.26. The molecule has 0 saturated heterocycles. The highest BCUT2D eigenvalue weighted by Crippen LogP contribution is 2.22. The van der Waals surface area contributed by atoms with E-state index in [1.165, 1.54) is 6.08 Å². The molecule has 0 saturated carbocycles. The van der Waals surface area contributed by atoms with Crippen molar-refractivity contribution in [1.82, 2.24) is 0 Å². The quantitative estimate of drug-likeness (QED) is 0.302. The Bertz CT molecular complexity index is 399. The van der Waals surface area contributed by atoms with Gasteiger partial charge in [-0.3, -0.25) is 10.1 Å². The third kappa shape index (κ3) is 1.94. The van der Waals surface area contributed by atoms with Gasteiger partial charge in [-0.2, -0.15) is 9.38 Å². The van der Waals surface area contributed by atoms with Crippen molar-refractivity contribution in [2.75, 3.05) is 0 Å². The zero-order chi connectivity index (χ0) is 9.84. The number of rotatable bonds is 2. The van der Waals surface area contributed by atoms with Crippen molar-refractivity contribution < 1.29 is 14.1 Å². The molecule has 0 aliphatic rings. The number of carbonyl (C=O) groups excluding carboxylic acids is 1. The standard InChI is InChI=1S/C7H3FN2O3/c8-6-2-1-5(9-4-11)3-7(6)10(12)13/h1-3H. The normalized spacial score (nSPS) is 9.00. The molecule has 0 fully saturated rings. The molecule has 66 valence electrons. The Morgan fingerprint density at radius 1 is 1.54 bits per heavy atom. The number of aliphatic imine (C=N–C) groups is 1. The van der Waals surface area contributed by atoms with E-state index < -0.39 is 16.4 Å². The highest BCUT2D eigenvalue weighted by molar-refractivity contribution is 5.53. The fourth-order valence-electron chi connectivity index (χ4n) is 0.763. The second kappa shape index (κ2) is 3.55. The summed E-state index contributed by atoms with van der Waals surface area (Å²) in [5.41, 5.74) is -0.709. The SMILES string of the molecule is O=C=Nc1ccc(F)c([N+](=O)[O-])c1. The average Bonchev–Trinajstić information content (AvgIpc) is 2.08. The summed E-state index contributed by atoms with van der Waals surface area (Å²) in [4.78, 5) is 22.2. The molecule has 6 heteroatoms. The average molecular weight is 182 g/mol. The van der Waals surface area contributed by atoms with Gasteiger partial charge in [0, 0.05) is 6.07 Å². The van der Waals surface area contributed by atoms with E-state index in [1.54, 1.807) is 0 Å². The highest BCUT2D eigenvalue weighted by Gasteiger charge is 2.13.